The smallest absolute Gasteiger partial charge is 0.290 e. The Labute approximate surface area is 191 Å². The number of aryl methyl sites for hydroxylation is 1. The molecule has 1 aromatic heterocycles. The maximum atomic E-state index is 13.3. The molecule has 2 heterocycles. The van der Waals surface area contributed by atoms with Crippen molar-refractivity contribution in [1.82, 2.24) is 10.3 Å². The molecular weight excluding hydrogens is 421 g/mol. The fraction of sp³-hybridized carbons (Fsp3) is 0.269. The number of carbonyl (C=O) groups is 2. The fourth-order valence-corrected chi connectivity index (χ4v) is 4.58. The minimum atomic E-state index is -0.418. The van der Waals surface area contributed by atoms with Gasteiger partial charge in [-0.15, -0.1) is 0 Å². The molecular formula is C26H24FN3O3. The summed E-state index contributed by atoms with van der Waals surface area (Å²) in [5.74, 6) is 0.136. The highest BCUT2D eigenvalue weighted by Gasteiger charge is 2.31. The molecule has 0 radical (unpaired) electrons. The zero-order valence-corrected chi connectivity index (χ0v) is 18.4. The van der Waals surface area contributed by atoms with E-state index in [1.165, 1.54) is 29.8 Å². The van der Waals surface area contributed by atoms with Crippen LogP contribution in [0.1, 0.15) is 61.8 Å². The van der Waals surface area contributed by atoms with Crippen LogP contribution in [0.25, 0.3) is 0 Å². The third-order valence-corrected chi connectivity index (χ3v) is 6.34. The molecule has 1 N–H and O–H groups in total. The van der Waals surface area contributed by atoms with E-state index in [2.05, 4.69) is 22.7 Å². The van der Waals surface area contributed by atoms with Crippen LogP contribution in [0.2, 0.25) is 0 Å². The van der Waals surface area contributed by atoms with Gasteiger partial charge in [-0.3, -0.25) is 9.59 Å². The molecule has 5 rings (SSSR count). The summed E-state index contributed by atoms with van der Waals surface area (Å²) < 4.78 is 19.2. The predicted octanol–water partition coefficient (Wildman–Crippen LogP) is 4.40. The monoisotopic (exact) mass is 445 g/mol. The van der Waals surface area contributed by atoms with Gasteiger partial charge in [0.05, 0.1) is 5.71 Å². The highest BCUT2D eigenvalue weighted by atomic mass is 19.1. The van der Waals surface area contributed by atoms with Crippen molar-refractivity contribution in [2.75, 3.05) is 6.54 Å². The Hall–Kier alpha value is -3.74. The molecule has 0 fully saturated rings. The van der Waals surface area contributed by atoms with E-state index in [1.54, 1.807) is 0 Å². The number of rotatable bonds is 3. The first-order valence-corrected chi connectivity index (χ1v) is 11.1. The first-order valence-electron chi connectivity index (χ1n) is 11.1. The Kier molecular flexibility index (Phi) is 5.54. The van der Waals surface area contributed by atoms with Crippen LogP contribution in [-0.4, -0.2) is 29.0 Å². The Bertz CT molecular complexity index is 1260. The van der Waals surface area contributed by atoms with Gasteiger partial charge in [0.15, 0.2) is 5.76 Å². The summed E-state index contributed by atoms with van der Waals surface area (Å²) in [5, 5.41) is 4.34. The molecule has 2 aliphatic rings. The van der Waals surface area contributed by atoms with Gasteiger partial charge in [0.25, 0.3) is 11.8 Å². The molecule has 33 heavy (non-hydrogen) atoms. The highest BCUT2D eigenvalue weighted by Crippen LogP contribution is 2.31. The van der Waals surface area contributed by atoms with Crippen molar-refractivity contribution in [3.63, 3.8) is 0 Å². The van der Waals surface area contributed by atoms with Gasteiger partial charge in [0, 0.05) is 36.2 Å². The summed E-state index contributed by atoms with van der Waals surface area (Å²) in [7, 11) is 0. The lowest BCUT2D eigenvalue weighted by Gasteiger charge is -2.28. The van der Waals surface area contributed by atoms with Crippen LogP contribution in [0.4, 0.5) is 4.39 Å². The summed E-state index contributed by atoms with van der Waals surface area (Å²) in [6, 6.07) is 13.5. The SMILES string of the molecule is Cc1c(C(=O)N2CCc3ccccc3C2)oc2c1/C(=N/NC(=O)c1ccc(F)cc1)CCC2. The molecule has 7 heteroatoms. The Morgan fingerprint density at radius 1 is 1.03 bits per heavy atom. The average Bonchev–Trinajstić information content (AvgIpc) is 3.19. The van der Waals surface area contributed by atoms with Crippen LogP contribution in [0.5, 0.6) is 0 Å². The number of fused-ring (bicyclic) bond motifs is 2. The van der Waals surface area contributed by atoms with E-state index in [-0.39, 0.29) is 5.91 Å². The number of benzene rings is 2. The second-order valence-electron chi connectivity index (χ2n) is 8.46. The second-order valence-corrected chi connectivity index (χ2v) is 8.46. The number of nitrogens with zero attached hydrogens (tertiary/aromatic N) is 2. The van der Waals surface area contributed by atoms with Crippen LogP contribution < -0.4 is 5.43 Å². The lowest BCUT2D eigenvalue weighted by atomic mass is 9.93. The normalized spacial score (nSPS) is 16.3. The Morgan fingerprint density at radius 3 is 2.58 bits per heavy atom. The molecule has 6 nitrogen and oxygen atoms in total. The lowest BCUT2D eigenvalue weighted by Crippen LogP contribution is -2.36. The van der Waals surface area contributed by atoms with Crippen molar-refractivity contribution in [2.45, 2.75) is 39.2 Å². The molecule has 1 aliphatic carbocycles. The molecule has 2 amide bonds. The first-order chi connectivity index (χ1) is 16.0. The third kappa shape index (κ3) is 4.06. The highest BCUT2D eigenvalue weighted by molar-refractivity contribution is 6.07. The maximum Gasteiger partial charge on any atom is 0.290 e. The van der Waals surface area contributed by atoms with Crippen molar-refractivity contribution in [2.24, 2.45) is 5.10 Å². The van der Waals surface area contributed by atoms with Gasteiger partial charge in [-0.1, -0.05) is 24.3 Å². The second kappa shape index (κ2) is 8.65. The van der Waals surface area contributed by atoms with Gasteiger partial charge in [0.2, 0.25) is 0 Å². The zero-order chi connectivity index (χ0) is 22.9. The van der Waals surface area contributed by atoms with Gasteiger partial charge < -0.3 is 9.32 Å². The summed E-state index contributed by atoms with van der Waals surface area (Å²) in [5.41, 5.74) is 7.58. The molecule has 1 aliphatic heterocycles. The summed E-state index contributed by atoms with van der Waals surface area (Å²) in [6.45, 7) is 3.08. The fourth-order valence-electron chi connectivity index (χ4n) is 4.58. The topological polar surface area (TPSA) is 74.9 Å². The molecule has 168 valence electrons. The van der Waals surface area contributed by atoms with Crippen molar-refractivity contribution in [3.8, 4) is 0 Å². The Balaban J connectivity index is 1.38. The van der Waals surface area contributed by atoms with Crippen molar-refractivity contribution in [1.29, 1.82) is 0 Å². The number of hydrogen-bond donors (Lipinski definition) is 1. The van der Waals surface area contributed by atoms with E-state index in [9.17, 15) is 14.0 Å². The number of nitrogens with one attached hydrogen (secondary N) is 1. The van der Waals surface area contributed by atoms with Crippen molar-refractivity contribution in [3.05, 3.63) is 93.7 Å². The minimum absolute atomic E-state index is 0.119. The first kappa shape index (κ1) is 21.1. The number of hydrazone groups is 1. The van der Waals surface area contributed by atoms with Crippen LogP contribution in [0, 0.1) is 12.7 Å². The molecule has 3 aromatic rings. The molecule has 0 saturated heterocycles. The molecule has 2 aromatic carbocycles. The van der Waals surface area contributed by atoms with E-state index in [4.69, 9.17) is 4.42 Å². The van der Waals surface area contributed by atoms with E-state index in [0.717, 1.165) is 41.7 Å². The quantitative estimate of drug-likeness (QED) is 0.608. The predicted molar refractivity (Wildman–Crippen MR) is 122 cm³/mol. The number of amides is 2. The van der Waals surface area contributed by atoms with Gasteiger partial charge in [-0.05, 0) is 61.6 Å². The number of halogens is 1. The largest absolute Gasteiger partial charge is 0.455 e. The average molecular weight is 445 g/mol. The number of hydrogen-bond acceptors (Lipinski definition) is 4. The van der Waals surface area contributed by atoms with E-state index in [0.29, 0.717) is 36.5 Å². The van der Waals surface area contributed by atoms with Crippen LogP contribution in [0.15, 0.2) is 58.0 Å². The third-order valence-electron chi connectivity index (χ3n) is 6.34. The Morgan fingerprint density at radius 2 is 1.79 bits per heavy atom. The van der Waals surface area contributed by atoms with E-state index >= 15 is 0 Å². The van der Waals surface area contributed by atoms with E-state index < -0.39 is 11.7 Å². The van der Waals surface area contributed by atoms with Gasteiger partial charge in [0.1, 0.15) is 11.6 Å². The summed E-state index contributed by atoms with van der Waals surface area (Å²) in [6.07, 6.45) is 3.03. The van der Waals surface area contributed by atoms with Crippen molar-refractivity contribution >= 4 is 17.5 Å². The summed E-state index contributed by atoms with van der Waals surface area (Å²) in [4.78, 5) is 27.5. The molecule has 0 unspecified atom stereocenters. The molecule has 0 spiro atoms. The molecule has 0 bridgehead atoms. The molecule has 0 atom stereocenters. The van der Waals surface area contributed by atoms with Crippen LogP contribution >= 0.6 is 0 Å². The lowest BCUT2D eigenvalue weighted by molar-refractivity contribution is 0.0699. The van der Waals surface area contributed by atoms with Crippen LogP contribution in [0.3, 0.4) is 0 Å². The van der Waals surface area contributed by atoms with Gasteiger partial charge >= 0.3 is 0 Å². The zero-order valence-electron chi connectivity index (χ0n) is 18.4. The number of furan rings is 1. The minimum Gasteiger partial charge on any atom is -0.455 e. The van der Waals surface area contributed by atoms with Gasteiger partial charge in [-0.2, -0.15) is 5.10 Å². The van der Waals surface area contributed by atoms with Crippen LogP contribution in [-0.2, 0) is 19.4 Å². The van der Waals surface area contributed by atoms with Crippen molar-refractivity contribution < 1.29 is 18.4 Å². The number of carbonyl (C=O) groups excluding carboxylic acids is 2. The maximum absolute atomic E-state index is 13.3. The standard InChI is InChI=1S/C26H24FN3O3/c1-16-23-21(28-29-25(31)18-9-11-20(27)12-10-18)7-4-8-22(23)33-24(16)26(32)30-14-13-17-5-2-3-6-19(17)15-30/h2-3,5-6,9-12H,4,7-8,13-15H2,1H3,(H,29,31)/b28-21+. The van der Waals surface area contributed by atoms with E-state index in [1.807, 2.05) is 24.0 Å². The van der Waals surface area contributed by atoms with Gasteiger partial charge in [-0.25, -0.2) is 9.82 Å². The summed E-state index contributed by atoms with van der Waals surface area (Å²) >= 11 is 0. The molecule has 0 saturated carbocycles.